The van der Waals surface area contributed by atoms with Gasteiger partial charge in [0, 0.05) is 18.9 Å². The van der Waals surface area contributed by atoms with E-state index in [9.17, 15) is 17.6 Å². The van der Waals surface area contributed by atoms with Crippen LogP contribution in [0.4, 0.5) is 17.6 Å². The Morgan fingerprint density at radius 2 is 1.79 bits per heavy atom. The van der Waals surface area contributed by atoms with E-state index in [1.807, 2.05) is 0 Å². The molecular weight excluding hydrogens is 260 g/mol. The van der Waals surface area contributed by atoms with Crippen molar-refractivity contribution in [1.29, 1.82) is 0 Å². The first-order valence-electron chi connectivity index (χ1n) is 6.22. The van der Waals surface area contributed by atoms with Gasteiger partial charge >= 0.3 is 0 Å². The summed E-state index contributed by atoms with van der Waals surface area (Å²) >= 11 is 0. The van der Waals surface area contributed by atoms with E-state index in [1.165, 1.54) is 6.07 Å². The lowest BCUT2D eigenvalue weighted by atomic mass is 9.80. The van der Waals surface area contributed by atoms with Crippen molar-refractivity contribution >= 4 is 0 Å². The summed E-state index contributed by atoms with van der Waals surface area (Å²) in [7, 11) is 0. The molecule has 1 saturated carbocycles. The maximum atomic E-state index is 13.2. The second kappa shape index (κ2) is 5.46. The number of alkyl halides is 2. The number of hydrazine groups is 1. The standard InChI is InChI=1S/C13H16F4N2/c14-10-2-1-9(7-11(10)15)12(19-18)8-3-5-13(16,17)6-4-8/h1-2,7-8,12,19H,3-6,18H2. The zero-order valence-electron chi connectivity index (χ0n) is 10.3. The largest absolute Gasteiger partial charge is 0.271 e. The lowest BCUT2D eigenvalue weighted by Crippen LogP contribution is -2.37. The Bertz CT molecular complexity index is 440. The van der Waals surface area contributed by atoms with E-state index in [2.05, 4.69) is 5.43 Å². The molecule has 0 radical (unpaired) electrons. The summed E-state index contributed by atoms with van der Waals surface area (Å²) in [6, 6.07) is 3.07. The summed E-state index contributed by atoms with van der Waals surface area (Å²) in [6.45, 7) is 0. The van der Waals surface area contributed by atoms with Crippen molar-refractivity contribution in [3.63, 3.8) is 0 Å². The number of halogens is 4. The molecule has 0 spiro atoms. The summed E-state index contributed by atoms with van der Waals surface area (Å²) in [5.74, 6) is 0.819. The first-order chi connectivity index (χ1) is 8.93. The van der Waals surface area contributed by atoms with Gasteiger partial charge in [0.15, 0.2) is 11.6 Å². The molecule has 0 bridgehead atoms. The minimum absolute atomic E-state index is 0.102. The number of nitrogens with one attached hydrogen (secondary N) is 1. The van der Waals surface area contributed by atoms with Gasteiger partial charge in [-0.25, -0.2) is 17.6 Å². The van der Waals surface area contributed by atoms with Crippen molar-refractivity contribution in [1.82, 2.24) is 5.43 Å². The highest BCUT2D eigenvalue weighted by Crippen LogP contribution is 2.41. The quantitative estimate of drug-likeness (QED) is 0.505. The van der Waals surface area contributed by atoms with E-state index < -0.39 is 23.6 Å². The molecule has 0 saturated heterocycles. The normalized spacial score (nSPS) is 21.3. The first-order valence-corrected chi connectivity index (χ1v) is 6.22. The average molecular weight is 276 g/mol. The third-order valence-electron chi connectivity index (χ3n) is 3.72. The first kappa shape index (κ1) is 14.3. The Hall–Kier alpha value is -1.14. The van der Waals surface area contributed by atoms with Crippen LogP contribution in [0.5, 0.6) is 0 Å². The van der Waals surface area contributed by atoms with Crippen LogP contribution in [-0.2, 0) is 0 Å². The van der Waals surface area contributed by atoms with Crippen LogP contribution in [0.2, 0.25) is 0 Å². The molecule has 1 aliphatic carbocycles. The summed E-state index contributed by atoms with van der Waals surface area (Å²) in [4.78, 5) is 0. The van der Waals surface area contributed by atoms with Crippen LogP contribution in [0.25, 0.3) is 0 Å². The summed E-state index contributed by atoms with van der Waals surface area (Å²) in [5, 5.41) is 0. The van der Waals surface area contributed by atoms with Gasteiger partial charge in [0.05, 0.1) is 0 Å². The molecule has 1 fully saturated rings. The van der Waals surface area contributed by atoms with Crippen molar-refractivity contribution in [3.8, 4) is 0 Å². The van der Waals surface area contributed by atoms with Crippen LogP contribution in [0.15, 0.2) is 18.2 Å². The van der Waals surface area contributed by atoms with Crippen LogP contribution < -0.4 is 11.3 Å². The molecule has 1 unspecified atom stereocenters. The lowest BCUT2D eigenvalue weighted by Gasteiger charge is -2.33. The lowest BCUT2D eigenvalue weighted by molar-refractivity contribution is -0.0498. The molecule has 0 aliphatic heterocycles. The van der Waals surface area contributed by atoms with E-state index in [1.54, 1.807) is 0 Å². The van der Waals surface area contributed by atoms with Crippen molar-refractivity contribution in [3.05, 3.63) is 35.4 Å². The summed E-state index contributed by atoms with van der Waals surface area (Å²) in [5.41, 5.74) is 3.01. The van der Waals surface area contributed by atoms with Gasteiger partial charge in [-0.1, -0.05) is 6.07 Å². The Morgan fingerprint density at radius 3 is 2.32 bits per heavy atom. The van der Waals surface area contributed by atoms with Gasteiger partial charge in [0.1, 0.15) is 0 Å². The van der Waals surface area contributed by atoms with Gasteiger partial charge in [0.25, 0.3) is 0 Å². The van der Waals surface area contributed by atoms with Gasteiger partial charge in [-0.2, -0.15) is 0 Å². The fourth-order valence-corrected chi connectivity index (χ4v) is 2.61. The fourth-order valence-electron chi connectivity index (χ4n) is 2.61. The van der Waals surface area contributed by atoms with Crippen molar-refractivity contribution in [2.75, 3.05) is 0 Å². The highest BCUT2D eigenvalue weighted by molar-refractivity contribution is 5.22. The minimum Gasteiger partial charge on any atom is -0.271 e. The molecule has 6 heteroatoms. The van der Waals surface area contributed by atoms with Crippen LogP contribution in [0, 0.1) is 17.6 Å². The maximum absolute atomic E-state index is 13.2. The number of rotatable bonds is 3. The molecule has 19 heavy (non-hydrogen) atoms. The summed E-state index contributed by atoms with van der Waals surface area (Å²) < 4.78 is 52.3. The SMILES string of the molecule is NNC(c1ccc(F)c(F)c1)C1CCC(F)(F)CC1. The highest BCUT2D eigenvalue weighted by atomic mass is 19.3. The topological polar surface area (TPSA) is 38.0 Å². The van der Waals surface area contributed by atoms with Gasteiger partial charge in [-0.05, 0) is 36.5 Å². The average Bonchev–Trinajstić information content (AvgIpc) is 2.36. The molecular formula is C13H16F4N2. The van der Waals surface area contributed by atoms with Crippen molar-refractivity contribution in [2.45, 2.75) is 37.6 Å². The molecule has 1 aromatic rings. The van der Waals surface area contributed by atoms with Crippen LogP contribution in [0.1, 0.15) is 37.3 Å². The summed E-state index contributed by atoms with van der Waals surface area (Å²) in [6.07, 6.45) is 0.223. The van der Waals surface area contributed by atoms with Crippen LogP contribution >= 0.6 is 0 Å². The third kappa shape index (κ3) is 3.25. The van der Waals surface area contributed by atoms with E-state index in [4.69, 9.17) is 5.84 Å². The molecule has 1 aliphatic rings. The second-order valence-electron chi connectivity index (χ2n) is 5.01. The zero-order chi connectivity index (χ0) is 14.0. The smallest absolute Gasteiger partial charge is 0.248 e. The Balaban J connectivity index is 2.14. The van der Waals surface area contributed by atoms with Gasteiger partial charge in [-0.15, -0.1) is 0 Å². The van der Waals surface area contributed by atoms with E-state index in [-0.39, 0.29) is 18.8 Å². The zero-order valence-corrected chi connectivity index (χ0v) is 10.3. The number of nitrogens with two attached hydrogens (primary N) is 1. The molecule has 0 heterocycles. The minimum atomic E-state index is -2.62. The molecule has 3 N–H and O–H groups in total. The molecule has 2 rings (SSSR count). The van der Waals surface area contributed by atoms with E-state index in [0.29, 0.717) is 18.4 Å². The van der Waals surface area contributed by atoms with Crippen LogP contribution in [0.3, 0.4) is 0 Å². The Kier molecular flexibility index (Phi) is 4.10. The molecule has 1 aromatic carbocycles. The van der Waals surface area contributed by atoms with Crippen molar-refractivity contribution < 1.29 is 17.6 Å². The second-order valence-corrected chi connectivity index (χ2v) is 5.01. The predicted molar refractivity (Wildman–Crippen MR) is 63.3 cm³/mol. The molecule has 0 amide bonds. The Labute approximate surface area is 109 Å². The van der Waals surface area contributed by atoms with E-state index in [0.717, 1.165) is 12.1 Å². The van der Waals surface area contributed by atoms with Crippen molar-refractivity contribution in [2.24, 2.45) is 11.8 Å². The predicted octanol–water partition coefficient (Wildman–Crippen LogP) is 3.29. The molecule has 0 aromatic heterocycles. The van der Waals surface area contributed by atoms with E-state index >= 15 is 0 Å². The van der Waals surface area contributed by atoms with Gasteiger partial charge in [0.2, 0.25) is 5.92 Å². The number of benzene rings is 1. The number of hydrogen-bond donors (Lipinski definition) is 2. The Morgan fingerprint density at radius 1 is 1.16 bits per heavy atom. The van der Waals surface area contributed by atoms with Gasteiger partial charge in [-0.3, -0.25) is 11.3 Å². The molecule has 2 nitrogen and oxygen atoms in total. The molecule has 106 valence electrons. The maximum Gasteiger partial charge on any atom is 0.248 e. The highest BCUT2D eigenvalue weighted by Gasteiger charge is 2.37. The van der Waals surface area contributed by atoms with Crippen LogP contribution in [-0.4, -0.2) is 5.92 Å². The third-order valence-corrected chi connectivity index (χ3v) is 3.72. The molecule has 1 atom stereocenters. The monoisotopic (exact) mass is 276 g/mol. The fraction of sp³-hybridized carbons (Fsp3) is 0.538. The number of hydrogen-bond acceptors (Lipinski definition) is 2. The van der Waals surface area contributed by atoms with Gasteiger partial charge < -0.3 is 0 Å².